The van der Waals surface area contributed by atoms with E-state index in [4.69, 9.17) is 23.7 Å². The highest BCUT2D eigenvalue weighted by atomic mass is 16.7. The monoisotopic (exact) mass is 526 g/mol. The van der Waals surface area contributed by atoms with Crippen molar-refractivity contribution in [2.24, 2.45) is 0 Å². The fraction of sp³-hybridized carbons (Fsp3) is 0.412. The Labute approximate surface area is 231 Å². The second kappa shape index (κ2) is 12.3. The Morgan fingerprint density at radius 3 is 1.87 bits per heavy atom. The lowest BCUT2D eigenvalue weighted by Gasteiger charge is -2.24. The van der Waals surface area contributed by atoms with Crippen LogP contribution in [0.1, 0.15) is 73.6 Å². The van der Waals surface area contributed by atoms with Gasteiger partial charge in [0.1, 0.15) is 17.2 Å². The van der Waals surface area contributed by atoms with E-state index in [1.165, 1.54) is 33.4 Å². The Balaban J connectivity index is 1.35. The standard InChI is InChI=1S/C34H38O5/c1-35-27-15-13-25(14-16-27)34-30(24-11-17-28(18-12-24)38-32-9-2-4-21-36-32)8-6-7-26-23-29(19-20-31(26)34)39-33-10-3-5-22-37-33/h11-20,23,32-33H,2-10,21-22H2,1H3. The number of hydrogen-bond acceptors (Lipinski definition) is 5. The minimum Gasteiger partial charge on any atom is -0.497 e. The van der Waals surface area contributed by atoms with Crippen LogP contribution in [0.5, 0.6) is 17.2 Å². The van der Waals surface area contributed by atoms with Gasteiger partial charge in [-0.05, 0) is 115 Å². The van der Waals surface area contributed by atoms with Crippen molar-refractivity contribution in [3.63, 3.8) is 0 Å². The SMILES string of the molecule is COc1ccc(C2=C(c3ccc(OC4CCCCO4)cc3)CCCc3cc(OC4CCCCO4)ccc32)cc1. The van der Waals surface area contributed by atoms with E-state index in [-0.39, 0.29) is 12.6 Å². The summed E-state index contributed by atoms with van der Waals surface area (Å²) in [6.07, 6.45) is 9.21. The summed E-state index contributed by atoms with van der Waals surface area (Å²) in [5, 5.41) is 0. The van der Waals surface area contributed by atoms with Crippen LogP contribution in [0.4, 0.5) is 0 Å². The van der Waals surface area contributed by atoms with Gasteiger partial charge in [0.15, 0.2) is 12.6 Å². The highest BCUT2D eigenvalue weighted by molar-refractivity contribution is 6.00. The van der Waals surface area contributed by atoms with Gasteiger partial charge in [0.25, 0.3) is 0 Å². The zero-order valence-corrected chi connectivity index (χ0v) is 22.8. The summed E-state index contributed by atoms with van der Waals surface area (Å²) in [6, 6.07) is 23.5. The molecular weight excluding hydrogens is 488 g/mol. The lowest BCUT2D eigenvalue weighted by Crippen LogP contribution is -2.25. The highest BCUT2D eigenvalue weighted by Crippen LogP contribution is 2.41. The van der Waals surface area contributed by atoms with Crippen molar-refractivity contribution in [2.75, 3.05) is 20.3 Å². The van der Waals surface area contributed by atoms with Crippen molar-refractivity contribution >= 4 is 11.1 Å². The van der Waals surface area contributed by atoms with Gasteiger partial charge < -0.3 is 23.7 Å². The van der Waals surface area contributed by atoms with E-state index in [1.807, 2.05) is 12.1 Å². The second-order valence-electron chi connectivity index (χ2n) is 10.6. The first-order valence-corrected chi connectivity index (χ1v) is 14.4. The first kappa shape index (κ1) is 26.0. The van der Waals surface area contributed by atoms with Crippen molar-refractivity contribution in [1.29, 1.82) is 0 Å². The van der Waals surface area contributed by atoms with Gasteiger partial charge in [-0.2, -0.15) is 0 Å². The first-order valence-electron chi connectivity index (χ1n) is 14.4. The minimum atomic E-state index is -0.144. The fourth-order valence-corrected chi connectivity index (χ4v) is 5.86. The van der Waals surface area contributed by atoms with Gasteiger partial charge in [-0.15, -0.1) is 0 Å². The third-order valence-corrected chi connectivity index (χ3v) is 7.91. The lowest BCUT2D eigenvalue weighted by atomic mass is 9.88. The molecule has 3 aliphatic rings. The van der Waals surface area contributed by atoms with Crippen LogP contribution >= 0.6 is 0 Å². The van der Waals surface area contributed by atoms with Crippen LogP contribution in [0.2, 0.25) is 0 Å². The Kier molecular flexibility index (Phi) is 8.17. The summed E-state index contributed by atoms with van der Waals surface area (Å²) in [5.74, 6) is 2.61. The molecule has 2 fully saturated rings. The van der Waals surface area contributed by atoms with E-state index in [9.17, 15) is 0 Å². The van der Waals surface area contributed by atoms with Crippen molar-refractivity contribution in [3.8, 4) is 17.2 Å². The van der Waals surface area contributed by atoms with Crippen molar-refractivity contribution in [3.05, 3.63) is 89.0 Å². The number of rotatable bonds is 7. The number of fused-ring (bicyclic) bond motifs is 1. The van der Waals surface area contributed by atoms with Gasteiger partial charge in [-0.3, -0.25) is 0 Å². The van der Waals surface area contributed by atoms with Gasteiger partial charge in [0, 0.05) is 12.8 Å². The summed E-state index contributed by atoms with van der Waals surface area (Å²) in [4.78, 5) is 0. The molecule has 0 aromatic heterocycles. The number of aryl methyl sites for hydroxylation is 1. The molecule has 2 unspecified atom stereocenters. The molecule has 0 radical (unpaired) electrons. The summed E-state index contributed by atoms with van der Waals surface area (Å²) in [7, 11) is 1.71. The summed E-state index contributed by atoms with van der Waals surface area (Å²) < 4.78 is 29.4. The van der Waals surface area contributed by atoms with Crippen LogP contribution in [0.3, 0.4) is 0 Å². The number of hydrogen-bond donors (Lipinski definition) is 0. The molecule has 3 aromatic rings. The largest absolute Gasteiger partial charge is 0.497 e. The van der Waals surface area contributed by atoms with Crippen molar-refractivity contribution in [2.45, 2.75) is 70.4 Å². The van der Waals surface area contributed by atoms with Gasteiger partial charge in [0.2, 0.25) is 0 Å². The van der Waals surface area contributed by atoms with Crippen LogP contribution in [0.25, 0.3) is 11.1 Å². The number of allylic oxidation sites excluding steroid dienone is 1. The summed E-state index contributed by atoms with van der Waals surface area (Å²) in [6.45, 7) is 1.56. The zero-order valence-electron chi connectivity index (χ0n) is 22.8. The maximum absolute atomic E-state index is 6.24. The van der Waals surface area contributed by atoms with Crippen molar-refractivity contribution < 1.29 is 23.7 Å². The Bertz CT molecular complexity index is 1270. The Morgan fingerprint density at radius 2 is 1.23 bits per heavy atom. The van der Waals surface area contributed by atoms with E-state index in [0.717, 1.165) is 88.2 Å². The smallest absolute Gasteiger partial charge is 0.199 e. The third kappa shape index (κ3) is 6.15. The predicted molar refractivity (Wildman–Crippen MR) is 153 cm³/mol. The molecule has 5 nitrogen and oxygen atoms in total. The molecule has 0 amide bonds. The van der Waals surface area contributed by atoms with Crippen LogP contribution in [0.15, 0.2) is 66.7 Å². The lowest BCUT2D eigenvalue weighted by molar-refractivity contribution is -0.106. The molecule has 2 heterocycles. The summed E-state index contributed by atoms with van der Waals surface area (Å²) >= 11 is 0. The zero-order chi connectivity index (χ0) is 26.4. The quantitative estimate of drug-likeness (QED) is 0.314. The van der Waals surface area contributed by atoms with E-state index < -0.39 is 0 Å². The van der Waals surface area contributed by atoms with E-state index >= 15 is 0 Å². The predicted octanol–water partition coefficient (Wildman–Crippen LogP) is 7.80. The third-order valence-electron chi connectivity index (χ3n) is 7.91. The fourth-order valence-electron chi connectivity index (χ4n) is 5.86. The maximum atomic E-state index is 6.24. The average Bonchev–Trinajstić information content (AvgIpc) is 3.18. The molecule has 0 saturated carbocycles. The normalized spacial score (nSPS) is 21.6. The first-order chi connectivity index (χ1) is 19.3. The number of benzene rings is 3. The van der Waals surface area contributed by atoms with E-state index in [0.29, 0.717) is 0 Å². The molecule has 0 bridgehead atoms. The van der Waals surface area contributed by atoms with E-state index in [2.05, 4.69) is 54.6 Å². The van der Waals surface area contributed by atoms with Gasteiger partial charge in [-0.1, -0.05) is 30.3 Å². The molecule has 204 valence electrons. The van der Waals surface area contributed by atoms with Crippen LogP contribution < -0.4 is 14.2 Å². The Hall–Kier alpha value is -3.28. The molecule has 6 rings (SSSR count). The molecule has 0 spiro atoms. The van der Waals surface area contributed by atoms with Crippen molar-refractivity contribution in [1.82, 2.24) is 0 Å². The van der Waals surface area contributed by atoms with Gasteiger partial charge in [-0.25, -0.2) is 0 Å². The molecule has 1 aliphatic carbocycles. The maximum Gasteiger partial charge on any atom is 0.199 e. The van der Waals surface area contributed by atoms with Crippen LogP contribution in [-0.4, -0.2) is 32.9 Å². The molecule has 2 atom stereocenters. The second-order valence-corrected chi connectivity index (χ2v) is 10.6. The van der Waals surface area contributed by atoms with Crippen LogP contribution in [0, 0.1) is 0 Å². The molecule has 2 aliphatic heterocycles. The minimum absolute atomic E-state index is 0.140. The van der Waals surface area contributed by atoms with Gasteiger partial charge in [0.05, 0.1) is 20.3 Å². The number of ether oxygens (including phenoxy) is 5. The average molecular weight is 527 g/mol. The molecule has 0 N–H and O–H groups in total. The highest BCUT2D eigenvalue weighted by Gasteiger charge is 2.23. The molecule has 3 aromatic carbocycles. The van der Waals surface area contributed by atoms with Gasteiger partial charge >= 0.3 is 0 Å². The molecule has 2 saturated heterocycles. The van der Waals surface area contributed by atoms with Crippen LogP contribution in [-0.2, 0) is 15.9 Å². The topological polar surface area (TPSA) is 46.2 Å². The molecule has 5 heteroatoms. The Morgan fingerprint density at radius 1 is 0.615 bits per heavy atom. The van der Waals surface area contributed by atoms with E-state index in [1.54, 1.807) is 7.11 Å². The molecule has 39 heavy (non-hydrogen) atoms. The number of methoxy groups -OCH3 is 1. The molecular formula is C34H38O5. The summed E-state index contributed by atoms with van der Waals surface area (Å²) in [5.41, 5.74) is 7.62.